The average molecular weight is 444 g/mol. The first-order valence-corrected chi connectivity index (χ1v) is 11.6. The number of rotatable bonds is 8. The zero-order valence-corrected chi connectivity index (χ0v) is 18.5. The van der Waals surface area contributed by atoms with Crippen LogP contribution < -0.4 is 14.2 Å². The van der Waals surface area contributed by atoms with Gasteiger partial charge in [-0.25, -0.2) is 18.1 Å². The third-order valence-electron chi connectivity index (χ3n) is 5.39. The SMILES string of the molecule is COc1cnc(OCC(C)C)c(C2(C(=O)NS(=O)(=O)c3cccc4[nH]ccc34)CC2)c1. The van der Waals surface area contributed by atoms with Crippen molar-refractivity contribution >= 4 is 26.8 Å². The number of nitrogens with zero attached hydrogens (tertiary/aromatic N) is 1. The van der Waals surface area contributed by atoms with Gasteiger partial charge in [0, 0.05) is 22.7 Å². The molecular formula is C22H25N3O5S. The lowest BCUT2D eigenvalue weighted by Crippen LogP contribution is -2.39. The molecule has 164 valence electrons. The van der Waals surface area contributed by atoms with E-state index in [4.69, 9.17) is 9.47 Å². The molecule has 31 heavy (non-hydrogen) atoms. The Morgan fingerprint density at radius 3 is 2.74 bits per heavy atom. The molecule has 0 bridgehead atoms. The first kappa shape index (κ1) is 21.2. The van der Waals surface area contributed by atoms with Crippen LogP contribution in [-0.2, 0) is 20.2 Å². The van der Waals surface area contributed by atoms with E-state index >= 15 is 0 Å². The number of hydrogen-bond donors (Lipinski definition) is 2. The highest BCUT2D eigenvalue weighted by Gasteiger charge is 2.54. The van der Waals surface area contributed by atoms with Crippen LogP contribution in [0, 0.1) is 5.92 Å². The van der Waals surface area contributed by atoms with E-state index in [2.05, 4.69) is 14.7 Å². The first-order chi connectivity index (χ1) is 14.8. The predicted octanol–water partition coefficient (Wildman–Crippen LogP) is 3.14. The van der Waals surface area contributed by atoms with Crippen LogP contribution in [0.4, 0.5) is 0 Å². The number of H-pyrrole nitrogens is 1. The molecular weight excluding hydrogens is 418 g/mol. The summed E-state index contributed by atoms with van der Waals surface area (Å²) in [6.45, 7) is 4.45. The smallest absolute Gasteiger partial charge is 0.264 e. The van der Waals surface area contributed by atoms with Gasteiger partial charge in [0.05, 0.1) is 30.2 Å². The fraction of sp³-hybridized carbons (Fsp3) is 0.364. The van der Waals surface area contributed by atoms with Crippen LogP contribution in [0.2, 0.25) is 0 Å². The minimum Gasteiger partial charge on any atom is -0.495 e. The van der Waals surface area contributed by atoms with Crippen LogP contribution in [0.1, 0.15) is 32.3 Å². The third kappa shape index (κ3) is 3.97. The van der Waals surface area contributed by atoms with Gasteiger partial charge in [0.25, 0.3) is 10.0 Å². The molecule has 0 unspecified atom stereocenters. The molecule has 2 heterocycles. The first-order valence-electron chi connectivity index (χ1n) is 10.1. The van der Waals surface area contributed by atoms with Crippen LogP contribution in [-0.4, -0.2) is 38.0 Å². The number of ether oxygens (including phenoxy) is 2. The monoisotopic (exact) mass is 443 g/mol. The van der Waals surface area contributed by atoms with E-state index in [1.54, 1.807) is 30.5 Å². The Labute approximate surface area is 181 Å². The Morgan fingerprint density at radius 1 is 1.29 bits per heavy atom. The normalized spacial score (nSPS) is 15.1. The van der Waals surface area contributed by atoms with Gasteiger partial charge in [0.1, 0.15) is 5.75 Å². The van der Waals surface area contributed by atoms with Crippen molar-refractivity contribution in [3.05, 3.63) is 48.3 Å². The predicted molar refractivity (Wildman–Crippen MR) is 116 cm³/mol. The van der Waals surface area contributed by atoms with Gasteiger partial charge in [0.15, 0.2) is 0 Å². The third-order valence-corrected chi connectivity index (χ3v) is 6.78. The Hall–Kier alpha value is -3.07. The standard InChI is InChI=1S/C22H25N3O5S/c1-14(2)13-30-20-17(11-15(29-3)12-24-20)22(8-9-22)21(26)25-31(27,28)19-6-4-5-18-16(19)7-10-23-18/h4-7,10-12,14,23H,8-9,13H2,1-3H3,(H,25,26). The molecule has 1 amide bonds. The second-order valence-electron chi connectivity index (χ2n) is 8.14. The number of benzene rings is 1. The molecule has 0 spiro atoms. The number of pyridine rings is 1. The maximum atomic E-state index is 13.3. The van der Waals surface area contributed by atoms with Crippen molar-refractivity contribution in [2.24, 2.45) is 5.92 Å². The molecule has 2 aromatic heterocycles. The van der Waals surface area contributed by atoms with Gasteiger partial charge in [0.2, 0.25) is 11.8 Å². The minimum absolute atomic E-state index is 0.0513. The molecule has 3 aromatic rings. The van der Waals surface area contributed by atoms with E-state index in [9.17, 15) is 13.2 Å². The van der Waals surface area contributed by atoms with E-state index in [0.717, 1.165) is 0 Å². The summed E-state index contributed by atoms with van der Waals surface area (Å²) in [6.07, 6.45) is 4.18. The quantitative estimate of drug-likeness (QED) is 0.553. The highest BCUT2D eigenvalue weighted by atomic mass is 32.2. The second kappa shape index (κ2) is 7.88. The highest BCUT2D eigenvalue weighted by Crippen LogP contribution is 2.52. The second-order valence-corrected chi connectivity index (χ2v) is 9.80. The summed E-state index contributed by atoms with van der Waals surface area (Å²) in [4.78, 5) is 20.6. The lowest BCUT2D eigenvalue weighted by Gasteiger charge is -2.20. The summed E-state index contributed by atoms with van der Waals surface area (Å²) in [5.74, 6) is 0.477. The van der Waals surface area contributed by atoms with Crippen LogP contribution in [0.15, 0.2) is 47.6 Å². The summed E-state index contributed by atoms with van der Waals surface area (Å²) in [5, 5.41) is 0.525. The highest BCUT2D eigenvalue weighted by molar-refractivity contribution is 7.90. The van der Waals surface area contributed by atoms with E-state index < -0.39 is 21.3 Å². The number of fused-ring (bicyclic) bond motifs is 1. The van der Waals surface area contributed by atoms with E-state index in [-0.39, 0.29) is 10.8 Å². The van der Waals surface area contributed by atoms with Gasteiger partial charge in [-0.3, -0.25) is 4.79 Å². The molecule has 8 nitrogen and oxygen atoms in total. The maximum absolute atomic E-state index is 13.3. The number of aromatic nitrogens is 2. The lowest BCUT2D eigenvalue weighted by molar-refractivity contribution is -0.121. The molecule has 0 saturated heterocycles. The number of sulfonamides is 1. The molecule has 0 atom stereocenters. The van der Waals surface area contributed by atoms with Crippen LogP contribution in [0.5, 0.6) is 11.6 Å². The summed E-state index contributed by atoms with van der Waals surface area (Å²) >= 11 is 0. The van der Waals surface area contributed by atoms with Crippen molar-refractivity contribution in [1.82, 2.24) is 14.7 Å². The van der Waals surface area contributed by atoms with E-state index in [0.29, 0.717) is 47.5 Å². The molecule has 2 N–H and O–H groups in total. The molecule has 9 heteroatoms. The number of nitrogens with one attached hydrogen (secondary N) is 2. The number of carbonyl (C=O) groups excluding carboxylic acids is 1. The van der Waals surface area contributed by atoms with Crippen molar-refractivity contribution < 1.29 is 22.7 Å². The summed E-state index contributed by atoms with van der Waals surface area (Å²) < 4.78 is 39.5. The molecule has 1 fully saturated rings. The molecule has 4 rings (SSSR count). The van der Waals surface area contributed by atoms with Crippen molar-refractivity contribution in [2.45, 2.75) is 37.0 Å². The van der Waals surface area contributed by atoms with Crippen molar-refractivity contribution in [1.29, 1.82) is 0 Å². The fourth-order valence-electron chi connectivity index (χ4n) is 3.56. The zero-order valence-electron chi connectivity index (χ0n) is 17.6. The minimum atomic E-state index is -4.07. The Balaban J connectivity index is 1.67. The van der Waals surface area contributed by atoms with Crippen LogP contribution >= 0.6 is 0 Å². The molecule has 1 saturated carbocycles. The van der Waals surface area contributed by atoms with E-state index in [1.807, 2.05) is 13.8 Å². The number of amides is 1. The Kier molecular flexibility index (Phi) is 5.38. The van der Waals surface area contributed by atoms with Gasteiger partial charge in [-0.05, 0) is 43.0 Å². The Morgan fingerprint density at radius 2 is 2.06 bits per heavy atom. The van der Waals surface area contributed by atoms with Gasteiger partial charge >= 0.3 is 0 Å². The van der Waals surface area contributed by atoms with Gasteiger partial charge in [-0.2, -0.15) is 0 Å². The summed E-state index contributed by atoms with van der Waals surface area (Å²) in [6, 6.07) is 8.27. The number of hydrogen-bond acceptors (Lipinski definition) is 6. The van der Waals surface area contributed by atoms with Crippen LogP contribution in [0.25, 0.3) is 10.9 Å². The number of methoxy groups -OCH3 is 1. The molecule has 0 aliphatic heterocycles. The molecule has 1 aromatic carbocycles. The number of carbonyl (C=O) groups is 1. The van der Waals surface area contributed by atoms with Crippen molar-refractivity contribution in [3.63, 3.8) is 0 Å². The largest absolute Gasteiger partial charge is 0.495 e. The van der Waals surface area contributed by atoms with Gasteiger partial charge in [-0.15, -0.1) is 0 Å². The zero-order chi connectivity index (χ0) is 22.2. The van der Waals surface area contributed by atoms with Crippen molar-refractivity contribution in [3.8, 4) is 11.6 Å². The van der Waals surface area contributed by atoms with Gasteiger partial charge in [-0.1, -0.05) is 19.9 Å². The van der Waals surface area contributed by atoms with E-state index in [1.165, 1.54) is 19.4 Å². The molecule has 0 radical (unpaired) electrons. The Bertz CT molecular complexity index is 1230. The van der Waals surface area contributed by atoms with Crippen molar-refractivity contribution in [2.75, 3.05) is 13.7 Å². The fourth-order valence-corrected chi connectivity index (χ4v) is 4.83. The van der Waals surface area contributed by atoms with Crippen LogP contribution in [0.3, 0.4) is 0 Å². The molecule has 1 aliphatic carbocycles. The maximum Gasteiger partial charge on any atom is 0.264 e. The average Bonchev–Trinajstić information content (AvgIpc) is 3.41. The lowest BCUT2D eigenvalue weighted by atomic mass is 9.96. The number of aromatic amines is 1. The van der Waals surface area contributed by atoms with Gasteiger partial charge < -0.3 is 14.5 Å². The molecule has 1 aliphatic rings. The summed E-state index contributed by atoms with van der Waals surface area (Å²) in [5.41, 5.74) is 0.199. The topological polar surface area (TPSA) is 110 Å². The summed E-state index contributed by atoms with van der Waals surface area (Å²) in [7, 11) is -2.56.